The first-order chi connectivity index (χ1) is 15.2. The number of aryl methyl sites for hydroxylation is 3. The lowest BCUT2D eigenvalue weighted by molar-refractivity contribution is -0.384. The van der Waals surface area contributed by atoms with Crippen molar-refractivity contribution in [3.63, 3.8) is 0 Å². The first kappa shape index (κ1) is 20.8. The highest BCUT2D eigenvalue weighted by Gasteiger charge is 2.21. The van der Waals surface area contributed by atoms with E-state index in [1.165, 1.54) is 29.0 Å². The topological polar surface area (TPSA) is 132 Å². The maximum atomic E-state index is 13.1. The van der Waals surface area contributed by atoms with Gasteiger partial charge in [0.15, 0.2) is 0 Å². The molecule has 0 aliphatic rings. The van der Waals surface area contributed by atoms with E-state index in [4.69, 9.17) is 0 Å². The van der Waals surface area contributed by atoms with E-state index in [9.17, 15) is 24.5 Å². The summed E-state index contributed by atoms with van der Waals surface area (Å²) in [4.78, 5) is 52.0. The van der Waals surface area contributed by atoms with E-state index in [0.717, 1.165) is 10.1 Å². The number of non-ortho nitro benzene ring substituents is 1. The molecule has 0 unspecified atom stereocenters. The molecule has 1 amide bonds. The molecule has 10 nitrogen and oxygen atoms in total. The summed E-state index contributed by atoms with van der Waals surface area (Å²) in [6, 6.07) is 11.0. The Morgan fingerprint density at radius 2 is 1.78 bits per heavy atom. The maximum absolute atomic E-state index is 13.1. The average molecular weight is 433 g/mol. The fourth-order valence-electron chi connectivity index (χ4n) is 3.52. The first-order valence-corrected chi connectivity index (χ1v) is 9.65. The lowest BCUT2D eigenvalue weighted by atomic mass is 10.1. The number of aromatic amines is 1. The zero-order valence-electron chi connectivity index (χ0n) is 17.5. The van der Waals surface area contributed by atoms with Gasteiger partial charge < -0.3 is 14.9 Å². The zero-order valence-corrected chi connectivity index (χ0v) is 17.5. The van der Waals surface area contributed by atoms with Crippen molar-refractivity contribution in [1.29, 1.82) is 0 Å². The lowest BCUT2D eigenvalue weighted by Gasteiger charge is -2.08. The summed E-state index contributed by atoms with van der Waals surface area (Å²) >= 11 is 0. The summed E-state index contributed by atoms with van der Waals surface area (Å²) in [5.74, 6) is -0.609. The van der Waals surface area contributed by atoms with Crippen molar-refractivity contribution in [2.24, 2.45) is 7.05 Å². The number of hydrogen-bond donors (Lipinski definition) is 2. The van der Waals surface area contributed by atoms with E-state index < -0.39 is 22.1 Å². The number of anilines is 1. The van der Waals surface area contributed by atoms with Gasteiger partial charge in [0.25, 0.3) is 17.2 Å². The molecule has 0 fully saturated rings. The second kappa shape index (κ2) is 7.65. The Hall–Kier alpha value is -4.47. The smallest absolute Gasteiger partial charge is 0.333 e. The fraction of sp³-hybridized carbons (Fsp3) is 0.136. The van der Waals surface area contributed by atoms with Crippen molar-refractivity contribution < 1.29 is 9.72 Å². The van der Waals surface area contributed by atoms with Gasteiger partial charge in [-0.05, 0) is 31.5 Å². The number of amides is 1. The maximum Gasteiger partial charge on any atom is 0.333 e. The highest BCUT2D eigenvalue weighted by Crippen LogP contribution is 2.24. The number of rotatable bonds is 4. The lowest BCUT2D eigenvalue weighted by Crippen LogP contribution is -2.34. The molecular formula is C22H19N5O5. The van der Waals surface area contributed by atoms with Crippen molar-refractivity contribution in [1.82, 2.24) is 14.1 Å². The van der Waals surface area contributed by atoms with Crippen molar-refractivity contribution >= 4 is 28.3 Å². The standard InChI is InChI=1S/C22H19N5O5/c1-12-4-7-14(8-5-12)26-21(29)19-18(24-22(26)30)16(11-25(19)3)20(28)23-17-10-15(27(31)32)9-6-13(17)2/h4-11H,1-3H3,(H,23,28)(H,24,30). The minimum atomic E-state index is -0.682. The Morgan fingerprint density at radius 3 is 2.44 bits per heavy atom. The van der Waals surface area contributed by atoms with Crippen LogP contribution in [0.5, 0.6) is 0 Å². The van der Waals surface area contributed by atoms with Crippen molar-refractivity contribution in [3.8, 4) is 5.69 Å². The third-order valence-corrected chi connectivity index (χ3v) is 5.24. The van der Waals surface area contributed by atoms with E-state index in [1.807, 2.05) is 6.92 Å². The number of fused-ring (bicyclic) bond motifs is 1. The molecule has 2 heterocycles. The molecule has 0 radical (unpaired) electrons. The molecule has 32 heavy (non-hydrogen) atoms. The van der Waals surface area contributed by atoms with Gasteiger partial charge in [0.05, 0.1) is 27.4 Å². The monoisotopic (exact) mass is 433 g/mol. The number of benzene rings is 2. The van der Waals surface area contributed by atoms with Gasteiger partial charge in [-0.3, -0.25) is 19.7 Å². The van der Waals surface area contributed by atoms with E-state index in [-0.39, 0.29) is 28.0 Å². The number of nitro groups is 1. The summed E-state index contributed by atoms with van der Waals surface area (Å²) in [6.45, 7) is 3.59. The van der Waals surface area contributed by atoms with Gasteiger partial charge >= 0.3 is 5.69 Å². The van der Waals surface area contributed by atoms with Crippen molar-refractivity contribution in [3.05, 3.63) is 96.3 Å². The van der Waals surface area contributed by atoms with E-state index >= 15 is 0 Å². The molecule has 162 valence electrons. The molecule has 0 saturated heterocycles. The SMILES string of the molecule is Cc1ccc(-n2c(=O)[nH]c3c(C(=O)Nc4cc([N+](=O)[O-])ccc4C)cn(C)c3c2=O)cc1. The van der Waals surface area contributed by atoms with Gasteiger partial charge in [-0.1, -0.05) is 23.8 Å². The molecule has 0 atom stereocenters. The quantitative estimate of drug-likeness (QED) is 0.377. The Morgan fingerprint density at radius 1 is 1.09 bits per heavy atom. The molecule has 10 heteroatoms. The third-order valence-electron chi connectivity index (χ3n) is 5.24. The van der Waals surface area contributed by atoms with Crippen LogP contribution < -0.4 is 16.6 Å². The summed E-state index contributed by atoms with van der Waals surface area (Å²) in [5, 5.41) is 13.7. The predicted molar refractivity (Wildman–Crippen MR) is 120 cm³/mol. The van der Waals surface area contributed by atoms with Crippen LogP contribution in [-0.4, -0.2) is 24.9 Å². The Balaban J connectivity index is 1.82. The van der Waals surface area contributed by atoms with Gasteiger partial charge in [0, 0.05) is 25.4 Å². The second-order valence-electron chi connectivity index (χ2n) is 7.49. The van der Waals surface area contributed by atoms with Gasteiger partial charge in [0.2, 0.25) is 0 Å². The normalized spacial score (nSPS) is 11.0. The molecule has 0 aliphatic heterocycles. The van der Waals surface area contributed by atoms with E-state index in [2.05, 4.69) is 10.3 Å². The van der Waals surface area contributed by atoms with Gasteiger partial charge in [0.1, 0.15) is 5.52 Å². The number of nitrogens with zero attached hydrogens (tertiary/aromatic N) is 3. The van der Waals surface area contributed by atoms with Gasteiger partial charge in [-0.25, -0.2) is 9.36 Å². The average Bonchev–Trinajstić information content (AvgIpc) is 3.07. The number of nitro benzene ring substituents is 1. The van der Waals surface area contributed by atoms with Gasteiger partial charge in [-0.2, -0.15) is 0 Å². The fourth-order valence-corrected chi connectivity index (χ4v) is 3.52. The first-order valence-electron chi connectivity index (χ1n) is 9.65. The van der Waals surface area contributed by atoms with Crippen LogP contribution in [0.15, 0.2) is 58.3 Å². The molecule has 0 aliphatic carbocycles. The number of nitrogens with one attached hydrogen (secondary N) is 2. The van der Waals surface area contributed by atoms with Crippen LogP contribution >= 0.6 is 0 Å². The minimum Gasteiger partial charge on any atom is -0.344 e. The molecule has 2 aromatic heterocycles. The number of hydrogen-bond acceptors (Lipinski definition) is 5. The number of carbonyl (C=O) groups excluding carboxylic acids is 1. The largest absolute Gasteiger partial charge is 0.344 e. The van der Waals surface area contributed by atoms with Crippen molar-refractivity contribution in [2.45, 2.75) is 13.8 Å². The van der Waals surface area contributed by atoms with Crippen LogP contribution in [0.25, 0.3) is 16.7 Å². The van der Waals surface area contributed by atoms with Crippen molar-refractivity contribution in [2.75, 3.05) is 5.32 Å². The molecule has 4 rings (SSSR count). The molecule has 2 N–H and O–H groups in total. The highest BCUT2D eigenvalue weighted by molar-refractivity contribution is 6.12. The van der Waals surface area contributed by atoms with Crippen LogP contribution in [0, 0.1) is 24.0 Å². The van der Waals surface area contributed by atoms with Crippen LogP contribution in [0.4, 0.5) is 11.4 Å². The summed E-state index contributed by atoms with van der Waals surface area (Å²) in [6.07, 6.45) is 1.43. The number of aromatic nitrogens is 3. The summed E-state index contributed by atoms with van der Waals surface area (Å²) < 4.78 is 2.47. The minimum absolute atomic E-state index is 0.0682. The molecule has 0 spiro atoms. The van der Waals surface area contributed by atoms with Crippen LogP contribution in [-0.2, 0) is 7.05 Å². The van der Waals surface area contributed by atoms with Crippen LogP contribution in [0.3, 0.4) is 0 Å². The second-order valence-corrected chi connectivity index (χ2v) is 7.49. The van der Waals surface area contributed by atoms with Gasteiger partial charge in [-0.15, -0.1) is 0 Å². The predicted octanol–water partition coefficient (Wildman–Crippen LogP) is 2.79. The van der Waals surface area contributed by atoms with Crippen LogP contribution in [0.2, 0.25) is 0 Å². The van der Waals surface area contributed by atoms with E-state index in [0.29, 0.717) is 11.3 Å². The van der Waals surface area contributed by atoms with Crippen LogP contribution in [0.1, 0.15) is 21.5 Å². The molecule has 4 aromatic rings. The number of H-pyrrole nitrogens is 1. The molecule has 0 bridgehead atoms. The number of carbonyl (C=O) groups is 1. The molecule has 2 aromatic carbocycles. The zero-order chi connectivity index (χ0) is 23.2. The Kier molecular flexibility index (Phi) is 4.97. The van der Waals surface area contributed by atoms with E-state index in [1.54, 1.807) is 38.2 Å². The summed E-state index contributed by atoms with van der Waals surface area (Å²) in [7, 11) is 1.59. The third kappa shape index (κ3) is 3.47. The Bertz CT molecular complexity index is 1510. The highest BCUT2D eigenvalue weighted by atomic mass is 16.6. The molecule has 0 saturated carbocycles. The molecular weight excluding hydrogens is 414 g/mol. The Labute approximate surface area is 180 Å². The summed E-state index contributed by atoms with van der Waals surface area (Å²) in [5.41, 5.74) is 1.15.